The number of rotatable bonds is 7. The Kier molecular flexibility index (Phi) is 7.85. The predicted molar refractivity (Wildman–Crippen MR) is 86.1 cm³/mol. The van der Waals surface area contributed by atoms with Gasteiger partial charge in [-0.05, 0) is 12.1 Å². The summed E-state index contributed by atoms with van der Waals surface area (Å²) < 4.78 is 26.5. The van der Waals surface area contributed by atoms with Gasteiger partial charge in [-0.1, -0.05) is 13.8 Å². The van der Waals surface area contributed by atoms with Crippen molar-refractivity contribution in [3.8, 4) is 11.5 Å². The van der Waals surface area contributed by atoms with Crippen LogP contribution >= 0.6 is 0 Å². The molecule has 0 amide bonds. The molecule has 130 valence electrons. The first-order valence-electron chi connectivity index (χ1n) is 7.78. The highest BCUT2D eigenvalue weighted by Gasteiger charge is 2.33. The van der Waals surface area contributed by atoms with Crippen LogP contribution in [0.15, 0.2) is 18.2 Å². The number of ether oxygens (including phenoxy) is 5. The number of carbonyl (C=O) groups excluding carboxylic acids is 1. The molecular weight excluding hydrogens is 300 g/mol. The maximum absolute atomic E-state index is 11.8. The lowest BCUT2D eigenvalue weighted by Gasteiger charge is -2.31. The van der Waals surface area contributed by atoms with Crippen molar-refractivity contribution in [3.63, 3.8) is 0 Å². The number of esters is 1. The Morgan fingerprint density at radius 3 is 2.43 bits per heavy atom. The van der Waals surface area contributed by atoms with Crippen molar-refractivity contribution in [3.05, 3.63) is 23.8 Å². The minimum Gasteiger partial charge on any atom is -0.491 e. The molecule has 0 saturated heterocycles. The minimum atomic E-state index is -0.966. The third kappa shape index (κ3) is 6.08. The quantitative estimate of drug-likeness (QED) is 0.567. The summed E-state index contributed by atoms with van der Waals surface area (Å²) in [6.45, 7) is 9.35. The van der Waals surface area contributed by atoms with Gasteiger partial charge >= 0.3 is 5.97 Å². The van der Waals surface area contributed by atoms with E-state index in [4.69, 9.17) is 23.7 Å². The number of hydrogen-bond acceptors (Lipinski definition) is 6. The molecule has 0 fully saturated rings. The number of hydrogen-bond donors (Lipinski definition) is 0. The van der Waals surface area contributed by atoms with Crippen molar-refractivity contribution < 1.29 is 28.5 Å². The Balaban J connectivity index is 0.00000127. The summed E-state index contributed by atoms with van der Waals surface area (Å²) in [5.74, 6) is -0.272. The molecule has 1 aliphatic rings. The van der Waals surface area contributed by atoms with E-state index in [1.54, 1.807) is 39.2 Å². The van der Waals surface area contributed by atoms with Gasteiger partial charge in [0.1, 0.15) is 23.7 Å². The van der Waals surface area contributed by atoms with Crippen LogP contribution in [0, 0.1) is 0 Å². The summed E-state index contributed by atoms with van der Waals surface area (Å²) in [4.78, 5) is 11.8. The second-order valence-corrected chi connectivity index (χ2v) is 5.00. The summed E-state index contributed by atoms with van der Waals surface area (Å²) in [5, 5.41) is 0. The Bertz CT molecular complexity index is 498. The smallest absolute Gasteiger partial charge is 0.345 e. The molecule has 23 heavy (non-hydrogen) atoms. The highest BCUT2D eigenvalue weighted by Crippen LogP contribution is 2.33. The van der Waals surface area contributed by atoms with E-state index in [0.717, 1.165) is 0 Å². The fourth-order valence-corrected chi connectivity index (χ4v) is 1.87. The number of methoxy groups -OCH3 is 1. The lowest BCUT2D eigenvalue weighted by Crippen LogP contribution is -2.38. The molecule has 0 aromatic heterocycles. The molecule has 0 radical (unpaired) electrons. The van der Waals surface area contributed by atoms with Crippen LogP contribution < -0.4 is 9.47 Å². The predicted octanol–water partition coefficient (Wildman–Crippen LogP) is 3.04. The average molecular weight is 326 g/mol. The molecule has 6 nitrogen and oxygen atoms in total. The fourth-order valence-electron chi connectivity index (χ4n) is 1.87. The Labute approximate surface area is 137 Å². The van der Waals surface area contributed by atoms with Crippen molar-refractivity contribution in [1.29, 1.82) is 0 Å². The molecule has 2 rings (SSSR count). The van der Waals surface area contributed by atoms with Crippen LogP contribution in [-0.4, -0.2) is 45.3 Å². The van der Waals surface area contributed by atoms with E-state index >= 15 is 0 Å². The van der Waals surface area contributed by atoms with Crippen molar-refractivity contribution in [2.24, 2.45) is 0 Å². The molecule has 0 saturated carbocycles. The maximum Gasteiger partial charge on any atom is 0.345 e. The summed E-state index contributed by atoms with van der Waals surface area (Å²) >= 11 is 0. The molecule has 1 heterocycles. The number of benzene rings is 1. The molecule has 1 aromatic carbocycles. The van der Waals surface area contributed by atoms with Gasteiger partial charge in [0, 0.05) is 27.0 Å². The van der Waals surface area contributed by atoms with Crippen molar-refractivity contribution in [2.75, 3.05) is 33.5 Å². The zero-order valence-electron chi connectivity index (χ0n) is 14.5. The minimum absolute atomic E-state index is 0.393. The monoisotopic (exact) mass is 326 g/mol. The zero-order valence-corrected chi connectivity index (χ0v) is 14.5. The van der Waals surface area contributed by atoms with Gasteiger partial charge in [0.15, 0.2) is 0 Å². The van der Waals surface area contributed by atoms with Crippen molar-refractivity contribution in [2.45, 2.75) is 33.5 Å². The first-order valence-corrected chi connectivity index (χ1v) is 7.78. The summed E-state index contributed by atoms with van der Waals surface area (Å²) in [5.41, 5.74) is 0.401. The normalized spacial score (nSPS) is 14.7. The van der Waals surface area contributed by atoms with E-state index in [1.165, 1.54) is 0 Å². The fraction of sp³-hybridized carbons (Fsp3) is 0.588. The molecule has 0 aliphatic carbocycles. The molecule has 1 aromatic rings. The lowest BCUT2D eigenvalue weighted by molar-refractivity contribution is -0.127. The van der Waals surface area contributed by atoms with Crippen LogP contribution in [0.4, 0.5) is 0 Å². The van der Waals surface area contributed by atoms with Crippen LogP contribution in [-0.2, 0) is 14.2 Å². The second-order valence-electron chi connectivity index (χ2n) is 5.00. The van der Waals surface area contributed by atoms with Crippen LogP contribution in [0.25, 0.3) is 0 Å². The Morgan fingerprint density at radius 2 is 1.74 bits per heavy atom. The van der Waals surface area contributed by atoms with Crippen LogP contribution in [0.5, 0.6) is 11.5 Å². The topological polar surface area (TPSA) is 63.2 Å². The molecule has 6 heteroatoms. The average Bonchev–Trinajstić information content (AvgIpc) is 2.51. The van der Waals surface area contributed by atoms with Gasteiger partial charge in [-0.25, -0.2) is 4.79 Å². The van der Waals surface area contributed by atoms with Gasteiger partial charge in [0.05, 0.1) is 19.8 Å². The summed E-state index contributed by atoms with van der Waals surface area (Å²) in [7, 11) is 1.62. The molecule has 0 N–H and O–H groups in total. The van der Waals surface area contributed by atoms with Gasteiger partial charge in [-0.15, -0.1) is 0 Å². The van der Waals surface area contributed by atoms with E-state index in [9.17, 15) is 4.79 Å². The molecular formula is C17H26O6. The third-order valence-corrected chi connectivity index (χ3v) is 2.80. The lowest BCUT2D eigenvalue weighted by atomic mass is 10.1. The largest absolute Gasteiger partial charge is 0.491 e. The van der Waals surface area contributed by atoms with Crippen molar-refractivity contribution in [1.82, 2.24) is 0 Å². The zero-order chi connectivity index (χ0) is 17.3. The number of carbonyl (C=O) groups is 1. The molecule has 0 bridgehead atoms. The maximum atomic E-state index is 11.8. The molecule has 1 aliphatic heterocycles. The summed E-state index contributed by atoms with van der Waals surface area (Å²) in [6, 6.07) is 5.03. The molecule has 0 spiro atoms. The first kappa shape index (κ1) is 19.3. The van der Waals surface area contributed by atoms with E-state index in [0.29, 0.717) is 43.5 Å². The SMILES string of the molecule is CC.COCCOCCOc1ccc2c(c1)OC(C)(C)OC2=O. The number of fused-ring (bicyclic) bond motifs is 1. The van der Waals surface area contributed by atoms with E-state index in [1.807, 2.05) is 13.8 Å². The van der Waals surface area contributed by atoms with Gasteiger partial charge < -0.3 is 23.7 Å². The highest BCUT2D eigenvalue weighted by molar-refractivity contribution is 5.93. The Morgan fingerprint density at radius 1 is 1.04 bits per heavy atom. The van der Waals surface area contributed by atoms with Crippen LogP contribution in [0.3, 0.4) is 0 Å². The van der Waals surface area contributed by atoms with Gasteiger partial charge in [0.2, 0.25) is 5.79 Å². The van der Waals surface area contributed by atoms with Gasteiger partial charge in [-0.2, -0.15) is 0 Å². The number of cyclic esters (lactones) is 1. The van der Waals surface area contributed by atoms with Gasteiger partial charge in [-0.3, -0.25) is 0 Å². The van der Waals surface area contributed by atoms with Crippen LogP contribution in [0.2, 0.25) is 0 Å². The third-order valence-electron chi connectivity index (χ3n) is 2.80. The van der Waals surface area contributed by atoms with Crippen LogP contribution in [0.1, 0.15) is 38.1 Å². The van der Waals surface area contributed by atoms with Gasteiger partial charge in [0.25, 0.3) is 0 Å². The molecule has 0 atom stereocenters. The standard InChI is InChI=1S/C15H20O6.C2H6/c1-15(2)20-13-10-11(4-5-12(13)14(16)21-15)19-9-8-18-7-6-17-3;1-2/h4-5,10H,6-9H2,1-3H3;1-2H3. The molecule has 0 unspecified atom stereocenters. The van der Waals surface area contributed by atoms with E-state index in [-0.39, 0.29) is 0 Å². The highest BCUT2D eigenvalue weighted by atomic mass is 16.7. The second kappa shape index (κ2) is 9.37. The van der Waals surface area contributed by atoms with Crippen molar-refractivity contribution >= 4 is 5.97 Å². The van der Waals surface area contributed by atoms with E-state index in [2.05, 4.69) is 0 Å². The Hall–Kier alpha value is -1.79. The first-order chi connectivity index (χ1) is 11.0. The van der Waals surface area contributed by atoms with E-state index < -0.39 is 11.8 Å². The summed E-state index contributed by atoms with van der Waals surface area (Å²) in [6.07, 6.45) is 0.